The smallest absolute Gasteiger partial charge is 0.191 e. The molecule has 9 nitrogen and oxygen atoms in total. The van der Waals surface area contributed by atoms with Crippen molar-refractivity contribution in [3.05, 3.63) is 129 Å². The SMILES string of the molecule is CC(C)Cl.CC(C)F.CC(C)Nc1nc(C(C)C)cs1.CC(C)OCCC1CCCCC1.CC(C)c1ccccc1.CC(C)c1ccccn1.CC(C)c1ccnn1C.CC(C)c1csc(C(C)C)n1.Cc1ncc(C(C)C)o1. The maximum atomic E-state index is 11.0. The molecule has 0 saturated heterocycles. The van der Waals surface area contributed by atoms with Crippen molar-refractivity contribution in [2.24, 2.45) is 13.0 Å². The molecule has 0 bridgehead atoms. The molecular weight excluding hydrogens is 1040 g/mol. The Balaban J connectivity index is 0. The molecule has 0 unspecified atom stereocenters. The van der Waals surface area contributed by atoms with E-state index in [9.17, 15) is 4.39 Å². The monoisotopic (exact) mass is 1150 g/mol. The van der Waals surface area contributed by atoms with Gasteiger partial charge in [-0.15, -0.1) is 34.3 Å². The van der Waals surface area contributed by atoms with Crippen LogP contribution in [0.3, 0.4) is 0 Å². The van der Waals surface area contributed by atoms with Crippen molar-refractivity contribution in [2.45, 2.75) is 263 Å². The van der Waals surface area contributed by atoms with E-state index in [0.29, 0.717) is 58.9 Å². The van der Waals surface area contributed by atoms with Crippen molar-refractivity contribution < 1.29 is 13.5 Å². The van der Waals surface area contributed by atoms with Crippen molar-refractivity contribution in [1.29, 1.82) is 0 Å². The molecule has 7 rings (SSSR count). The zero-order chi connectivity index (χ0) is 60.6. The van der Waals surface area contributed by atoms with E-state index >= 15 is 0 Å². The number of nitrogens with one attached hydrogen (secondary N) is 1. The molecule has 6 aromatic rings. The fourth-order valence-electron chi connectivity index (χ4n) is 6.79. The molecule has 0 spiro atoms. The van der Waals surface area contributed by atoms with Crippen LogP contribution in [0.4, 0.5) is 9.52 Å². The molecule has 0 aliphatic heterocycles. The van der Waals surface area contributed by atoms with Crippen LogP contribution in [0, 0.1) is 12.8 Å². The van der Waals surface area contributed by atoms with Gasteiger partial charge in [0.2, 0.25) is 0 Å². The largest absolute Gasteiger partial charge is 0.446 e. The Kier molecular flexibility index (Phi) is 44.5. The highest BCUT2D eigenvalue weighted by molar-refractivity contribution is 7.13. The van der Waals surface area contributed by atoms with Crippen LogP contribution in [0.25, 0.3) is 0 Å². The molecule has 0 atom stereocenters. The molecule has 13 heteroatoms. The number of pyridine rings is 1. The van der Waals surface area contributed by atoms with Crippen LogP contribution < -0.4 is 5.32 Å². The van der Waals surface area contributed by atoms with E-state index in [4.69, 9.17) is 20.8 Å². The van der Waals surface area contributed by atoms with Crippen LogP contribution in [0.15, 0.2) is 88.4 Å². The van der Waals surface area contributed by atoms with Gasteiger partial charge in [-0.05, 0) is 121 Å². The summed E-state index contributed by atoms with van der Waals surface area (Å²) in [5.41, 5.74) is 6.28. The van der Waals surface area contributed by atoms with Crippen molar-refractivity contribution in [3.8, 4) is 0 Å². The van der Waals surface area contributed by atoms with E-state index < -0.39 is 6.17 Å². The summed E-state index contributed by atoms with van der Waals surface area (Å²) in [5.74, 6) is 6.60. The summed E-state index contributed by atoms with van der Waals surface area (Å²) in [5, 5.41) is 14.2. The number of aromatic nitrogens is 6. The quantitative estimate of drug-likeness (QED) is 0.114. The van der Waals surface area contributed by atoms with Crippen molar-refractivity contribution in [2.75, 3.05) is 11.9 Å². The minimum Gasteiger partial charge on any atom is -0.446 e. The highest BCUT2D eigenvalue weighted by Gasteiger charge is 2.13. The van der Waals surface area contributed by atoms with Crippen LogP contribution in [-0.4, -0.2) is 60.0 Å². The number of halogens is 2. The van der Waals surface area contributed by atoms with Crippen LogP contribution in [0.1, 0.15) is 277 Å². The lowest BCUT2D eigenvalue weighted by Gasteiger charge is -2.21. The average Bonchev–Trinajstić information content (AvgIpc) is 4.22. The minimum atomic E-state index is -0.667. The predicted octanol–water partition coefficient (Wildman–Crippen LogP) is 21.5. The molecule has 1 saturated carbocycles. The van der Waals surface area contributed by atoms with E-state index in [1.165, 1.54) is 80.0 Å². The van der Waals surface area contributed by atoms with Gasteiger partial charge in [0, 0.05) is 78.4 Å². The first-order valence-corrected chi connectivity index (χ1v) is 31.6. The molecule has 1 aromatic carbocycles. The van der Waals surface area contributed by atoms with Gasteiger partial charge in [-0.1, -0.05) is 165 Å². The first kappa shape index (κ1) is 77.1. The van der Waals surface area contributed by atoms with Crippen LogP contribution in [-0.2, 0) is 11.8 Å². The van der Waals surface area contributed by atoms with Crippen LogP contribution in [0.5, 0.6) is 0 Å². The zero-order valence-electron chi connectivity index (χ0n) is 54.0. The van der Waals surface area contributed by atoms with Gasteiger partial charge in [0.1, 0.15) is 5.76 Å². The van der Waals surface area contributed by atoms with E-state index in [0.717, 1.165) is 35.0 Å². The normalized spacial score (nSPS) is 12.0. The Morgan fingerprint density at radius 3 is 1.48 bits per heavy atom. The second-order valence-corrected chi connectivity index (χ2v) is 25.8. The topological polar surface area (TPSA) is 104 Å². The molecule has 450 valence electrons. The molecular formula is C66H113ClFN7O2S2. The summed E-state index contributed by atoms with van der Waals surface area (Å²) in [4.78, 5) is 17.1. The zero-order valence-corrected chi connectivity index (χ0v) is 56.4. The summed E-state index contributed by atoms with van der Waals surface area (Å²) >= 11 is 8.73. The van der Waals surface area contributed by atoms with Gasteiger partial charge >= 0.3 is 0 Å². The van der Waals surface area contributed by atoms with Gasteiger partial charge in [-0.25, -0.2) is 19.3 Å². The number of benzene rings is 1. The Bertz CT molecular complexity index is 2180. The fraction of sp³-hybridized carbons (Fsp3) is 0.652. The number of thiazole rings is 2. The van der Waals surface area contributed by atoms with Crippen molar-refractivity contribution in [3.63, 3.8) is 0 Å². The first-order valence-electron chi connectivity index (χ1n) is 29.4. The lowest BCUT2D eigenvalue weighted by Crippen LogP contribution is -2.11. The van der Waals surface area contributed by atoms with Crippen LogP contribution >= 0.6 is 34.3 Å². The Hall–Kier alpha value is -3.97. The highest BCUT2D eigenvalue weighted by Crippen LogP contribution is 2.27. The maximum absolute atomic E-state index is 11.0. The molecule has 5 aromatic heterocycles. The maximum Gasteiger partial charge on any atom is 0.191 e. The van der Waals surface area contributed by atoms with Crippen molar-refractivity contribution in [1.82, 2.24) is 29.7 Å². The van der Waals surface area contributed by atoms with Crippen molar-refractivity contribution >= 4 is 39.4 Å². The van der Waals surface area contributed by atoms with Gasteiger partial charge in [-0.2, -0.15) is 5.10 Å². The lowest BCUT2D eigenvalue weighted by atomic mass is 9.87. The summed E-state index contributed by atoms with van der Waals surface area (Å²) in [6.45, 7) is 48.4. The summed E-state index contributed by atoms with van der Waals surface area (Å²) in [6, 6.07) is 19.0. The number of aryl methyl sites for hydroxylation is 2. The third-order valence-corrected chi connectivity index (χ3v) is 13.2. The number of hydrogen-bond acceptors (Lipinski definition) is 10. The fourth-order valence-corrected chi connectivity index (χ4v) is 8.81. The first-order chi connectivity index (χ1) is 37.0. The van der Waals surface area contributed by atoms with Gasteiger partial charge in [0.25, 0.3) is 0 Å². The third-order valence-electron chi connectivity index (χ3n) is 11.3. The summed E-state index contributed by atoms with van der Waals surface area (Å²) < 4.78 is 23.7. The van der Waals surface area contributed by atoms with Crippen LogP contribution in [0.2, 0.25) is 0 Å². The number of nitrogens with zero attached hydrogens (tertiary/aromatic N) is 6. The van der Waals surface area contributed by atoms with Gasteiger partial charge in [-0.3, -0.25) is 9.67 Å². The lowest BCUT2D eigenvalue weighted by molar-refractivity contribution is 0.0648. The molecule has 0 amide bonds. The molecule has 79 heavy (non-hydrogen) atoms. The molecule has 1 aliphatic rings. The molecule has 0 radical (unpaired) electrons. The molecule has 1 aliphatic carbocycles. The Labute approximate surface area is 496 Å². The van der Waals surface area contributed by atoms with E-state index in [1.54, 1.807) is 28.9 Å². The van der Waals surface area contributed by atoms with Gasteiger partial charge in [0.05, 0.1) is 34.9 Å². The predicted molar refractivity (Wildman–Crippen MR) is 346 cm³/mol. The molecule has 5 heterocycles. The average molecular weight is 1160 g/mol. The Morgan fingerprint density at radius 2 is 1.16 bits per heavy atom. The number of anilines is 1. The summed E-state index contributed by atoms with van der Waals surface area (Å²) in [6.07, 6.45) is 13.7. The third kappa shape index (κ3) is 42.5. The van der Waals surface area contributed by atoms with Gasteiger partial charge < -0.3 is 14.5 Å². The number of hydrogen-bond donors (Lipinski definition) is 1. The number of rotatable bonds is 13. The summed E-state index contributed by atoms with van der Waals surface area (Å²) in [7, 11) is 1.97. The second kappa shape index (κ2) is 45.6. The van der Waals surface area contributed by atoms with E-state index in [-0.39, 0.29) is 0 Å². The molecule has 1 N–H and O–H groups in total. The Morgan fingerprint density at radius 1 is 0.633 bits per heavy atom. The standard InChI is InChI=1S/C11H22O.C9H16N2S.C9H15NS.C9H12.C8H11N.C7H12N2.C7H11NO.C3H7Cl.C3H7F/c1-10(2)12-9-8-11-6-4-3-5-7-11;1-6(2)8-5-12-9(11-8)10-7(3)4;1-6(2)8-5-11-9(10-8)7(3)4;1-8(2)9-6-4-3-5-7-9;1-7(2)8-5-3-4-6-9-8;1-6(2)7-4-5-8-9(7)3;1-5(2)7-4-8-6(3)9-7;2*1-3(2)4/h10-11H,3-9H2,1-2H3;5-7H,1-4H3,(H,10,11);5-7H,1-4H3;3-8H,1-2H3;3-7H,1-2H3;4-6H,1-3H3;4-5H,1-3H3;2*3H,1-2H3. The number of alkyl halides is 2. The highest BCUT2D eigenvalue weighted by atomic mass is 35.5. The number of ether oxygens (including phenoxy) is 1. The van der Waals surface area contributed by atoms with E-state index in [2.05, 4.69) is 190 Å². The van der Waals surface area contributed by atoms with Gasteiger partial charge in [0.15, 0.2) is 11.0 Å². The van der Waals surface area contributed by atoms with E-state index in [1.807, 2.05) is 75.2 Å². The second-order valence-electron chi connectivity index (χ2n) is 23.1. The minimum absolute atomic E-state index is 0.306. The molecule has 1 fully saturated rings. The number of oxazole rings is 1.